The van der Waals surface area contributed by atoms with Crippen molar-refractivity contribution in [3.63, 3.8) is 0 Å². The number of rotatable bonds is 4. The van der Waals surface area contributed by atoms with Crippen LogP contribution in [-0.2, 0) is 6.54 Å². The lowest BCUT2D eigenvalue weighted by atomic mass is 9.97. The monoisotopic (exact) mass is 274 g/mol. The van der Waals surface area contributed by atoms with Crippen LogP contribution < -0.4 is 5.56 Å². The van der Waals surface area contributed by atoms with Crippen molar-refractivity contribution in [1.29, 1.82) is 0 Å². The Morgan fingerprint density at radius 3 is 3.10 bits per heavy atom. The largest absolute Gasteiger partial charge is 0.355 e. The second kappa shape index (κ2) is 5.40. The highest BCUT2D eigenvalue weighted by Gasteiger charge is 2.24. The zero-order valence-corrected chi connectivity index (χ0v) is 12.1. The van der Waals surface area contributed by atoms with Gasteiger partial charge in [-0.3, -0.25) is 9.69 Å². The summed E-state index contributed by atoms with van der Waals surface area (Å²) < 4.78 is 0. The Morgan fingerprint density at radius 2 is 2.30 bits per heavy atom. The highest BCUT2D eigenvalue weighted by atomic mass is 16.1. The molecule has 5 nitrogen and oxygen atoms in total. The average Bonchev–Trinajstić information content (AvgIpc) is 2.98. The first kappa shape index (κ1) is 13.4. The molecule has 0 spiro atoms. The van der Waals surface area contributed by atoms with Crippen molar-refractivity contribution in [1.82, 2.24) is 19.9 Å². The SMILES string of the molecule is CC(C)CC1CCN(Cc2c[nH]c3c(=O)[nH]cnc23)C1. The smallest absolute Gasteiger partial charge is 0.275 e. The van der Waals surface area contributed by atoms with Gasteiger partial charge in [0, 0.05) is 24.8 Å². The van der Waals surface area contributed by atoms with Gasteiger partial charge in [-0.15, -0.1) is 0 Å². The van der Waals surface area contributed by atoms with Crippen molar-refractivity contribution in [2.24, 2.45) is 11.8 Å². The van der Waals surface area contributed by atoms with Crippen LogP contribution in [0, 0.1) is 11.8 Å². The number of hydrogen-bond acceptors (Lipinski definition) is 3. The van der Waals surface area contributed by atoms with Crippen LogP contribution >= 0.6 is 0 Å². The molecule has 1 fully saturated rings. The molecule has 0 aliphatic carbocycles. The Morgan fingerprint density at radius 1 is 1.45 bits per heavy atom. The van der Waals surface area contributed by atoms with E-state index in [1.807, 2.05) is 6.20 Å². The summed E-state index contributed by atoms with van der Waals surface area (Å²) in [7, 11) is 0. The number of likely N-dealkylation sites (tertiary alicyclic amines) is 1. The molecule has 1 unspecified atom stereocenters. The van der Waals surface area contributed by atoms with Crippen molar-refractivity contribution in [2.75, 3.05) is 13.1 Å². The van der Waals surface area contributed by atoms with Crippen molar-refractivity contribution in [2.45, 2.75) is 33.2 Å². The van der Waals surface area contributed by atoms with Gasteiger partial charge in [0.05, 0.1) is 11.8 Å². The first-order valence-electron chi connectivity index (χ1n) is 7.39. The van der Waals surface area contributed by atoms with Gasteiger partial charge in [-0.1, -0.05) is 13.8 Å². The average molecular weight is 274 g/mol. The highest BCUT2D eigenvalue weighted by molar-refractivity contribution is 5.77. The number of aromatic nitrogens is 3. The summed E-state index contributed by atoms with van der Waals surface area (Å²) in [5.41, 5.74) is 2.41. The molecule has 0 aromatic carbocycles. The number of fused-ring (bicyclic) bond motifs is 1. The Bertz CT molecular complexity index is 643. The van der Waals surface area contributed by atoms with E-state index < -0.39 is 0 Å². The molecular weight excluding hydrogens is 252 g/mol. The number of nitrogens with zero attached hydrogens (tertiary/aromatic N) is 2. The quantitative estimate of drug-likeness (QED) is 0.897. The highest BCUT2D eigenvalue weighted by Crippen LogP contribution is 2.25. The molecular formula is C15H22N4O. The Balaban J connectivity index is 1.72. The fourth-order valence-corrected chi connectivity index (χ4v) is 3.28. The first-order valence-corrected chi connectivity index (χ1v) is 7.39. The van der Waals surface area contributed by atoms with E-state index in [0.29, 0.717) is 5.52 Å². The molecule has 0 amide bonds. The molecule has 0 bridgehead atoms. The lowest BCUT2D eigenvalue weighted by Crippen LogP contribution is -2.20. The minimum absolute atomic E-state index is 0.0969. The summed E-state index contributed by atoms with van der Waals surface area (Å²) in [4.78, 5) is 24.1. The zero-order valence-electron chi connectivity index (χ0n) is 12.1. The zero-order chi connectivity index (χ0) is 14.1. The van der Waals surface area contributed by atoms with Crippen LogP contribution in [-0.4, -0.2) is 32.9 Å². The summed E-state index contributed by atoms with van der Waals surface area (Å²) in [5, 5.41) is 0. The van der Waals surface area contributed by atoms with Gasteiger partial charge < -0.3 is 9.97 Å². The molecule has 1 aliphatic heterocycles. The summed E-state index contributed by atoms with van der Waals surface area (Å²) in [6.07, 6.45) is 5.99. The molecule has 0 saturated carbocycles. The van der Waals surface area contributed by atoms with E-state index in [-0.39, 0.29) is 5.56 Å². The second-order valence-corrected chi connectivity index (χ2v) is 6.29. The second-order valence-electron chi connectivity index (χ2n) is 6.29. The van der Waals surface area contributed by atoms with Crippen LogP contribution in [0.4, 0.5) is 0 Å². The van der Waals surface area contributed by atoms with Gasteiger partial charge in [0.25, 0.3) is 5.56 Å². The predicted octanol–water partition coefficient (Wildman–Crippen LogP) is 2.12. The van der Waals surface area contributed by atoms with Gasteiger partial charge in [0.1, 0.15) is 5.52 Å². The Hall–Kier alpha value is -1.62. The molecule has 3 rings (SSSR count). The van der Waals surface area contributed by atoms with Crippen LogP contribution in [0.2, 0.25) is 0 Å². The van der Waals surface area contributed by atoms with Gasteiger partial charge in [-0.2, -0.15) is 0 Å². The van der Waals surface area contributed by atoms with Crippen LogP contribution in [0.15, 0.2) is 17.3 Å². The van der Waals surface area contributed by atoms with Crippen LogP contribution in [0.3, 0.4) is 0 Å². The van der Waals surface area contributed by atoms with Crippen molar-refractivity contribution < 1.29 is 0 Å². The Labute approximate surface area is 118 Å². The molecule has 2 N–H and O–H groups in total. The van der Waals surface area contributed by atoms with Crippen molar-refractivity contribution in [3.05, 3.63) is 28.4 Å². The first-order chi connectivity index (χ1) is 9.63. The number of aromatic amines is 2. The van der Waals surface area contributed by atoms with Gasteiger partial charge in [-0.05, 0) is 31.2 Å². The van der Waals surface area contributed by atoms with Gasteiger partial charge in [0.15, 0.2) is 0 Å². The minimum Gasteiger partial charge on any atom is -0.355 e. The van der Waals surface area contributed by atoms with E-state index in [9.17, 15) is 4.79 Å². The third-order valence-electron chi connectivity index (χ3n) is 4.12. The van der Waals surface area contributed by atoms with Gasteiger partial charge in [-0.25, -0.2) is 4.98 Å². The normalized spacial score (nSPS) is 20.2. The maximum absolute atomic E-state index is 11.7. The molecule has 1 atom stereocenters. The third kappa shape index (κ3) is 2.63. The molecule has 20 heavy (non-hydrogen) atoms. The standard InChI is InChI=1S/C15H22N4O/c1-10(2)5-11-3-4-19(7-11)8-12-6-16-14-13(12)17-9-18-15(14)20/h6,9-11,16H,3-5,7-8H2,1-2H3,(H,17,18,20). The van der Waals surface area contributed by atoms with E-state index >= 15 is 0 Å². The molecule has 108 valence electrons. The maximum atomic E-state index is 11.7. The maximum Gasteiger partial charge on any atom is 0.275 e. The van der Waals surface area contributed by atoms with E-state index in [2.05, 4.69) is 33.7 Å². The lowest BCUT2D eigenvalue weighted by molar-refractivity contribution is 0.306. The molecule has 2 aromatic heterocycles. The Kier molecular flexibility index (Phi) is 3.61. The number of nitrogens with one attached hydrogen (secondary N) is 2. The van der Waals surface area contributed by atoms with Gasteiger partial charge in [0.2, 0.25) is 0 Å². The fourth-order valence-electron chi connectivity index (χ4n) is 3.28. The van der Waals surface area contributed by atoms with Crippen molar-refractivity contribution in [3.8, 4) is 0 Å². The van der Waals surface area contributed by atoms with E-state index in [4.69, 9.17) is 0 Å². The summed E-state index contributed by atoms with van der Waals surface area (Å²) in [6.45, 7) is 7.77. The van der Waals surface area contributed by atoms with E-state index in [0.717, 1.165) is 42.6 Å². The summed E-state index contributed by atoms with van der Waals surface area (Å²) in [6, 6.07) is 0. The van der Waals surface area contributed by atoms with Gasteiger partial charge >= 0.3 is 0 Å². The topological polar surface area (TPSA) is 64.8 Å². The molecule has 3 heterocycles. The third-order valence-corrected chi connectivity index (χ3v) is 4.12. The summed E-state index contributed by atoms with van der Waals surface area (Å²) >= 11 is 0. The minimum atomic E-state index is -0.0969. The van der Waals surface area contributed by atoms with Crippen LogP contribution in [0.5, 0.6) is 0 Å². The van der Waals surface area contributed by atoms with Crippen LogP contribution in [0.25, 0.3) is 11.0 Å². The fraction of sp³-hybridized carbons (Fsp3) is 0.600. The molecule has 0 radical (unpaired) electrons. The lowest BCUT2D eigenvalue weighted by Gasteiger charge is -2.16. The van der Waals surface area contributed by atoms with Crippen LogP contribution in [0.1, 0.15) is 32.3 Å². The molecule has 2 aromatic rings. The number of H-pyrrole nitrogens is 2. The molecule has 5 heteroatoms. The predicted molar refractivity (Wildman–Crippen MR) is 79.6 cm³/mol. The summed E-state index contributed by atoms with van der Waals surface area (Å²) in [5.74, 6) is 1.59. The number of hydrogen-bond donors (Lipinski definition) is 2. The molecule has 1 saturated heterocycles. The van der Waals surface area contributed by atoms with E-state index in [1.54, 1.807) is 0 Å². The molecule has 1 aliphatic rings. The van der Waals surface area contributed by atoms with Crippen molar-refractivity contribution >= 4 is 11.0 Å². The van der Waals surface area contributed by atoms with E-state index in [1.165, 1.54) is 19.2 Å².